The molecule has 4 nitrogen and oxygen atoms in total. The van der Waals surface area contributed by atoms with Gasteiger partial charge in [0, 0.05) is 21.9 Å². The molecule has 0 spiro atoms. The van der Waals surface area contributed by atoms with Crippen LogP contribution in [0.5, 0.6) is 0 Å². The molecule has 0 fully saturated rings. The molecule has 1 aromatic heterocycles. The summed E-state index contributed by atoms with van der Waals surface area (Å²) in [6.07, 6.45) is -0.303. The lowest BCUT2D eigenvalue weighted by atomic mass is 9.92. The molecule has 9 aromatic rings. The van der Waals surface area contributed by atoms with Gasteiger partial charge in [-0.15, -0.1) is 0 Å². The first kappa shape index (κ1) is 29.2. The maximum absolute atomic E-state index is 6.50. The Bertz CT molecular complexity index is 2830. The molecule has 10 rings (SSSR count). The van der Waals surface area contributed by atoms with E-state index in [1.54, 1.807) is 0 Å². The Hall–Kier alpha value is -6.78. The minimum atomic E-state index is -0.303. The Morgan fingerprint density at radius 3 is 1.98 bits per heavy atom. The zero-order chi connectivity index (χ0) is 33.7. The van der Waals surface area contributed by atoms with E-state index < -0.39 is 0 Å². The Morgan fingerprint density at radius 2 is 1.16 bits per heavy atom. The Morgan fingerprint density at radius 1 is 0.451 bits per heavy atom. The Kier molecular flexibility index (Phi) is 6.85. The van der Waals surface area contributed by atoms with Gasteiger partial charge >= 0.3 is 0 Å². The summed E-state index contributed by atoms with van der Waals surface area (Å²) in [5.41, 5.74) is 9.44. The van der Waals surface area contributed by atoms with E-state index in [9.17, 15) is 0 Å². The number of nitrogens with zero attached hydrogens (tertiary/aromatic N) is 2. The monoisotopic (exact) mass is 653 g/mol. The van der Waals surface area contributed by atoms with Gasteiger partial charge < -0.3 is 9.73 Å². The number of hydrogen-bond donors (Lipinski definition) is 1. The highest BCUT2D eigenvalue weighted by Crippen LogP contribution is 2.41. The molecule has 1 unspecified atom stereocenters. The Balaban J connectivity index is 1.13. The zero-order valence-corrected chi connectivity index (χ0v) is 27.6. The Labute approximate surface area is 295 Å². The quantitative estimate of drug-likeness (QED) is 0.201. The number of nitrogens with one attached hydrogen (secondary N) is 1. The minimum absolute atomic E-state index is 0.303. The first-order valence-electron chi connectivity index (χ1n) is 17.3. The smallest absolute Gasteiger partial charge is 0.160 e. The van der Waals surface area contributed by atoms with Crippen LogP contribution in [0.2, 0.25) is 0 Å². The number of rotatable bonds is 5. The normalized spacial score (nSPS) is 14.5. The second kappa shape index (κ2) is 12.0. The van der Waals surface area contributed by atoms with Gasteiger partial charge in [-0.3, -0.25) is 0 Å². The largest absolute Gasteiger partial charge is 0.456 e. The molecule has 1 aliphatic rings. The lowest BCUT2D eigenvalue weighted by Gasteiger charge is -2.24. The van der Waals surface area contributed by atoms with E-state index >= 15 is 0 Å². The van der Waals surface area contributed by atoms with Gasteiger partial charge in [0.25, 0.3) is 0 Å². The molecule has 2 heterocycles. The van der Waals surface area contributed by atoms with Gasteiger partial charge in [-0.25, -0.2) is 9.98 Å². The molecule has 1 atom stereocenters. The highest BCUT2D eigenvalue weighted by Gasteiger charge is 2.23. The third kappa shape index (κ3) is 5.08. The van der Waals surface area contributed by atoms with Crippen molar-refractivity contribution in [3.63, 3.8) is 0 Å². The molecule has 0 bridgehead atoms. The molecule has 1 N–H and O–H groups in total. The zero-order valence-electron chi connectivity index (χ0n) is 27.6. The summed E-state index contributed by atoms with van der Waals surface area (Å²) < 4.78 is 6.50. The van der Waals surface area contributed by atoms with Crippen LogP contribution in [-0.2, 0) is 0 Å². The van der Waals surface area contributed by atoms with E-state index in [1.807, 2.05) is 24.3 Å². The van der Waals surface area contributed by atoms with E-state index in [0.29, 0.717) is 5.84 Å². The second-order valence-electron chi connectivity index (χ2n) is 13.0. The molecule has 0 amide bonds. The molecule has 0 saturated heterocycles. The number of aliphatic imine (C=N–C) groups is 2. The van der Waals surface area contributed by atoms with E-state index in [1.165, 1.54) is 16.3 Å². The lowest BCUT2D eigenvalue weighted by Crippen LogP contribution is -2.33. The van der Waals surface area contributed by atoms with Crippen LogP contribution < -0.4 is 5.32 Å². The number of fused-ring (bicyclic) bond motifs is 5. The van der Waals surface area contributed by atoms with Crippen LogP contribution >= 0.6 is 0 Å². The van der Waals surface area contributed by atoms with Gasteiger partial charge in [-0.1, -0.05) is 146 Å². The summed E-state index contributed by atoms with van der Waals surface area (Å²) in [4.78, 5) is 10.4. The third-order valence-corrected chi connectivity index (χ3v) is 9.94. The van der Waals surface area contributed by atoms with E-state index in [0.717, 1.165) is 71.9 Å². The van der Waals surface area contributed by atoms with Gasteiger partial charge in [-0.05, 0) is 79.7 Å². The standard InChI is InChI=1S/C47H31N3O/c1-3-12-30(13-4-1)34-24-25-41-43(29-34)51-42-21-11-20-39(44(41)42)38-26-27-40(37-19-10-9-18-36(37)38)47-49-45(32-15-5-2-6-16-32)48-46(50-47)35-23-22-31-14-7-8-17-33(31)28-35/h1-29,46H,(H,48,49,50). The molecule has 8 aromatic carbocycles. The maximum atomic E-state index is 6.50. The van der Waals surface area contributed by atoms with Gasteiger partial charge in [0.15, 0.2) is 5.84 Å². The predicted molar refractivity (Wildman–Crippen MR) is 211 cm³/mol. The topological polar surface area (TPSA) is 49.9 Å². The van der Waals surface area contributed by atoms with Crippen molar-refractivity contribution >= 4 is 55.2 Å². The molecule has 51 heavy (non-hydrogen) atoms. The van der Waals surface area contributed by atoms with Crippen LogP contribution in [0.3, 0.4) is 0 Å². The highest BCUT2D eigenvalue weighted by atomic mass is 16.3. The molecule has 0 saturated carbocycles. The summed E-state index contributed by atoms with van der Waals surface area (Å²) in [6.45, 7) is 0. The van der Waals surface area contributed by atoms with Crippen molar-refractivity contribution in [2.75, 3.05) is 0 Å². The lowest BCUT2D eigenvalue weighted by molar-refractivity contribution is 0.669. The highest BCUT2D eigenvalue weighted by molar-refractivity contribution is 6.21. The molecule has 4 heteroatoms. The van der Waals surface area contributed by atoms with Gasteiger partial charge in [0.05, 0.1) is 0 Å². The van der Waals surface area contributed by atoms with Crippen LogP contribution in [0.4, 0.5) is 0 Å². The first-order valence-corrected chi connectivity index (χ1v) is 17.3. The SMILES string of the molecule is c1ccc(C2=NC(c3ccc(-c4cccc5oc6cc(-c7ccccc7)ccc6c45)c4ccccc34)=NC(c3ccc4ccccc4c3)N2)cc1. The molecule has 0 aliphatic carbocycles. The van der Waals surface area contributed by atoms with Crippen molar-refractivity contribution in [3.05, 3.63) is 193 Å². The van der Waals surface area contributed by atoms with Gasteiger partial charge in [-0.2, -0.15) is 0 Å². The van der Waals surface area contributed by atoms with Crippen molar-refractivity contribution in [1.82, 2.24) is 5.32 Å². The maximum Gasteiger partial charge on any atom is 0.160 e. The van der Waals surface area contributed by atoms with Crippen LogP contribution in [0.15, 0.2) is 190 Å². The van der Waals surface area contributed by atoms with Crippen molar-refractivity contribution in [1.29, 1.82) is 0 Å². The van der Waals surface area contributed by atoms with Crippen LogP contribution in [0, 0.1) is 0 Å². The summed E-state index contributed by atoms with van der Waals surface area (Å²) in [5, 5.41) is 10.5. The molecule has 240 valence electrons. The van der Waals surface area contributed by atoms with Crippen molar-refractivity contribution < 1.29 is 4.42 Å². The summed E-state index contributed by atoms with van der Waals surface area (Å²) >= 11 is 0. The van der Waals surface area contributed by atoms with E-state index in [2.05, 4.69) is 157 Å². The van der Waals surface area contributed by atoms with Crippen LogP contribution in [0.25, 0.3) is 65.7 Å². The van der Waals surface area contributed by atoms with Crippen LogP contribution in [0.1, 0.15) is 22.9 Å². The molecular weight excluding hydrogens is 623 g/mol. The summed E-state index contributed by atoms with van der Waals surface area (Å²) in [6, 6.07) is 61.6. The van der Waals surface area contributed by atoms with Crippen LogP contribution in [-0.4, -0.2) is 11.7 Å². The fourth-order valence-corrected chi connectivity index (χ4v) is 7.45. The van der Waals surface area contributed by atoms with E-state index in [-0.39, 0.29) is 6.17 Å². The third-order valence-electron chi connectivity index (χ3n) is 9.94. The molecule has 0 radical (unpaired) electrons. The predicted octanol–water partition coefficient (Wildman–Crippen LogP) is 11.7. The number of amidine groups is 2. The van der Waals surface area contributed by atoms with Crippen molar-refractivity contribution in [3.8, 4) is 22.3 Å². The number of furan rings is 1. The fourth-order valence-electron chi connectivity index (χ4n) is 7.45. The van der Waals surface area contributed by atoms with Crippen molar-refractivity contribution in [2.45, 2.75) is 6.17 Å². The van der Waals surface area contributed by atoms with Gasteiger partial charge in [0.1, 0.15) is 23.2 Å². The second-order valence-corrected chi connectivity index (χ2v) is 13.0. The first-order chi connectivity index (χ1) is 25.3. The molecule has 1 aliphatic heterocycles. The van der Waals surface area contributed by atoms with E-state index in [4.69, 9.17) is 14.4 Å². The molecular formula is C47H31N3O. The average Bonchev–Trinajstić information content (AvgIpc) is 3.59. The fraction of sp³-hybridized carbons (Fsp3) is 0.0213. The summed E-state index contributed by atoms with van der Waals surface area (Å²) in [5.74, 6) is 1.50. The number of benzene rings is 8. The van der Waals surface area contributed by atoms with Gasteiger partial charge in [0.2, 0.25) is 0 Å². The minimum Gasteiger partial charge on any atom is -0.456 e. The summed E-state index contributed by atoms with van der Waals surface area (Å²) in [7, 11) is 0. The average molecular weight is 654 g/mol. The van der Waals surface area contributed by atoms with Crippen molar-refractivity contribution in [2.24, 2.45) is 9.98 Å². The number of hydrogen-bond acceptors (Lipinski definition) is 4.